The Morgan fingerprint density at radius 1 is 0.460 bits per heavy atom. The highest BCUT2D eigenvalue weighted by molar-refractivity contribution is 6.12. The predicted octanol–water partition coefficient (Wildman–Crippen LogP) is 12.4. The molecule has 0 radical (unpaired) electrons. The van der Waals surface area contributed by atoms with Crippen molar-refractivity contribution in [2.75, 3.05) is 4.90 Å². The first-order valence-corrected chi connectivity index (χ1v) is 17.2. The lowest BCUT2D eigenvalue weighted by Crippen LogP contribution is -2.16. The van der Waals surface area contributed by atoms with Crippen LogP contribution in [0, 0.1) is 0 Å². The van der Waals surface area contributed by atoms with Crippen molar-refractivity contribution < 1.29 is 0 Å². The maximum absolute atomic E-state index is 5.31. The van der Waals surface area contributed by atoms with Crippen LogP contribution in [-0.4, -0.2) is 9.97 Å². The van der Waals surface area contributed by atoms with Crippen molar-refractivity contribution in [2.45, 2.75) is 19.3 Å². The van der Waals surface area contributed by atoms with Crippen LogP contribution in [0.1, 0.15) is 25.0 Å². The highest BCUT2D eigenvalue weighted by Crippen LogP contribution is 2.52. The Balaban J connectivity index is 1.19. The quantitative estimate of drug-likeness (QED) is 0.192. The largest absolute Gasteiger partial charge is 0.309 e. The van der Waals surface area contributed by atoms with E-state index in [0.717, 1.165) is 45.0 Å². The molecule has 3 heteroatoms. The van der Waals surface area contributed by atoms with Crippen molar-refractivity contribution in [3.05, 3.63) is 175 Å². The summed E-state index contributed by atoms with van der Waals surface area (Å²) in [5.74, 6) is 0. The van der Waals surface area contributed by atoms with Crippen LogP contribution in [0.25, 0.3) is 66.5 Å². The standard InChI is InChI=1S/C47H33N3/c1-47(2)43-17-7-6-14-37(43)38-23-22-34(27-44(38)47)50(33-20-18-31(19-21-33)30-10-4-3-5-11-30)35-26-41-36-24-25-48-29-42(36)39-15-8-12-32-13-9-16-40(45(32)39)46(41)49-28-35/h3-29H,1-2H3. The summed E-state index contributed by atoms with van der Waals surface area (Å²) in [5.41, 5.74) is 17.5. The molecule has 0 aliphatic heterocycles. The van der Waals surface area contributed by atoms with Gasteiger partial charge in [-0.25, -0.2) is 0 Å². The van der Waals surface area contributed by atoms with E-state index in [2.05, 4.69) is 169 Å². The van der Waals surface area contributed by atoms with E-state index < -0.39 is 0 Å². The van der Waals surface area contributed by atoms with Gasteiger partial charge in [-0.05, 0) is 91.7 Å². The molecule has 10 rings (SSSR count). The highest BCUT2D eigenvalue weighted by Gasteiger charge is 2.36. The zero-order valence-electron chi connectivity index (χ0n) is 27.9. The molecule has 3 nitrogen and oxygen atoms in total. The Labute approximate surface area is 292 Å². The van der Waals surface area contributed by atoms with Crippen molar-refractivity contribution in [2.24, 2.45) is 0 Å². The van der Waals surface area contributed by atoms with Crippen LogP contribution in [-0.2, 0) is 5.41 Å². The van der Waals surface area contributed by atoms with Gasteiger partial charge < -0.3 is 4.90 Å². The topological polar surface area (TPSA) is 29.0 Å². The minimum absolute atomic E-state index is 0.118. The summed E-state index contributed by atoms with van der Waals surface area (Å²) in [7, 11) is 0. The fraction of sp³-hybridized carbons (Fsp3) is 0.0638. The molecule has 0 saturated carbocycles. The number of hydrogen-bond acceptors (Lipinski definition) is 3. The van der Waals surface area contributed by atoms with Gasteiger partial charge in [-0.1, -0.05) is 123 Å². The Hall–Kier alpha value is -6.32. The van der Waals surface area contributed by atoms with Gasteiger partial charge in [0.05, 0.1) is 17.6 Å². The Morgan fingerprint density at radius 2 is 1.16 bits per heavy atom. The van der Waals surface area contributed by atoms with Crippen molar-refractivity contribution in [1.82, 2.24) is 9.97 Å². The predicted molar refractivity (Wildman–Crippen MR) is 207 cm³/mol. The maximum Gasteiger partial charge on any atom is 0.0788 e. The minimum atomic E-state index is -0.118. The number of rotatable bonds is 4. The first-order chi connectivity index (χ1) is 24.6. The average Bonchev–Trinajstić information content (AvgIpc) is 3.32. The molecule has 0 atom stereocenters. The highest BCUT2D eigenvalue weighted by atomic mass is 15.1. The van der Waals surface area contributed by atoms with Crippen LogP contribution in [0.5, 0.6) is 0 Å². The van der Waals surface area contributed by atoms with Crippen molar-refractivity contribution in [1.29, 1.82) is 0 Å². The van der Waals surface area contributed by atoms with Gasteiger partial charge in [0.25, 0.3) is 0 Å². The summed E-state index contributed by atoms with van der Waals surface area (Å²) in [6, 6.07) is 52.8. The number of benzene rings is 6. The molecule has 0 unspecified atom stereocenters. The number of fused-ring (bicyclic) bond motifs is 8. The SMILES string of the molecule is CC1(C)c2ccccc2-c2ccc(N(c3ccc(-c4ccccc4)cc3)c3cnc4c(c3)-c3ccncc3-c3cccc5cccc-4c35)cc21. The molecular weight excluding hydrogens is 607 g/mol. The normalized spacial score (nSPS) is 13.2. The third-order valence-corrected chi connectivity index (χ3v) is 10.8. The molecule has 0 fully saturated rings. The second-order valence-electron chi connectivity index (χ2n) is 13.9. The van der Waals surface area contributed by atoms with Crippen molar-refractivity contribution in [3.8, 4) is 55.8 Å². The van der Waals surface area contributed by atoms with Crippen molar-refractivity contribution >= 4 is 27.8 Å². The van der Waals surface area contributed by atoms with E-state index >= 15 is 0 Å². The van der Waals surface area contributed by atoms with Gasteiger partial charge in [-0.3, -0.25) is 9.97 Å². The summed E-state index contributed by atoms with van der Waals surface area (Å²) < 4.78 is 0. The summed E-state index contributed by atoms with van der Waals surface area (Å²) >= 11 is 0. The molecule has 6 aromatic carbocycles. The fourth-order valence-corrected chi connectivity index (χ4v) is 8.31. The Kier molecular flexibility index (Phi) is 6.22. The zero-order valence-corrected chi connectivity index (χ0v) is 27.9. The minimum Gasteiger partial charge on any atom is -0.309 e. The molecule has 2 aromatic heterocycles. The van der Waals surface area contributed by atoms with Gasteiger partial charge in [0, 0.05) is 45.9 Å². The van der Waals surface area contributed by atoms with Crippen LogP contribution in [0.3, 0.4) is 0 Å². The zero-order chi connectivity index (χ0) is 33.4. The van der Waals surface area contributed by atoms with Gasteiger partial charge in [-0.15, -0.1) is 0 Å². The molecule has 0 N–H and O–H groups in total. The summed E-state index contributed by atoms with van der Waals surface area (Å²) in [6.45, 7) is 4.68. The molecule has 236 valence electrons. The van der Waals surface area contributed by atoms with E-state index in [4.69, 9.17) is 4.98 Å². The first kappa shape index (κ1) is 28.7. The average molecular weight is 640 g/mol. The van der Waals surface area contributed by atoms with Gasteiger partial charge in [0.1, 0.15) is 0 Å². The van der Waals surface area contributed by atoms with Gasteiger partial charge in [-0.2, -0.15) is 0 Å². The number of aromatic nitrogens is 2. The number of anilines is 3. The summed E-state index contributed by atoms with van der Waals surface area (Å²) in [5, 5.41) is 2.42. The third kappa shape index (κ3) is 4.23. The Bertz CT molecular complexity index is 2610. The molecule has 2 heterocycles. The van der Waals surface area contributed by atoms with Crippen molar-refractivity contribution in [3.63, 3.8) is 0 Å². The van der Waals surface area contributed by atoms with E-state index in [1.165, 1.54) is 49.7 Å². The number of hydrogen-bond donors (Lipinski definition) is 0. The van der Waals surface area contributed by atoms with E-state index in [1.807, 2.05) is 18.6 Å². The third-order valence-electron chi connectivity index (χ3n) is 10.8. The molecule has 50 heavy (non-hydrogen) atoms. The van der Waals surface area contributed by atoms with Crippen LogP contribution in [0.2, 0.25) is 0 Å². The monoisotopic (exact) mass is 639 g/mol. The van der Waals surface area contributed by atoms with Gasteiger partial charge in [0.2, 0.25) is 0 Å². The van der Waals surface area contributed by atoms with Crippen LogP contribution < -0.4 is 4.90 Å². The molecule has 2 aliphatic carbocycles. The van der Waals surface area contributed by atoms with Gasteiger partial charge in [0.15, 0.2) is 0 Å². The molecule has 0 spiro atoms. The smallest absolute Gasteiger partial charge is 0.0788 e. The summed E-state index contributed by atoms with van der Waals surface area (Å²) in [4.78, 5) is 12.3. The second kappa shape index (κ2) is 10.8. The lowest BCUT2D eigenvalue weighted by atomic mass is 9.82. The lowest BCUT2D eigenvalue weighted by Gasteiger charge is -2.28. The van der Waals surface area contributed by atoms with Crippen LogP contribution in [0.4, 0.5) is 17.1 Å². The number of pyridine rings is 2. The molecule has 8 aromatic rings. The van der Waals surface area contributed by atoms with Gasteiger partial charge >= 0.3 is 0 Å². The number of nitrogens with zero attached hydrogens (tertiary/aromatic N) is 3. The maximum atomic E-state index is 5.31. The molecule has 0 saturated heterocycles. The molecule has 0 amide bonds. The van der Waals surface area contributed by atoms with Crippen LogP contribution >= 0.6 is 0 Å². The van der Waals surface area contributed by atoms with E-state index in [0.29, 0.717) is 0 Å². The second-order valence-corrected chi connectivity index (χ2v) is 13.9. The molecular formula is C47H33N3. The van der Waals surface area contributed by atoms with E-state index in [1.54, 1.807) is 0 Å². The molecule has 0 bridgehead atoms. The van der Waals surface area contributed by atoms with E-state index in [-0.39, 0.29) is 5.41 Å². The van der Waals surface area contributed by atoms with Crippen LogP contribution in [0.15, 0.2) is 164 Å². The Morgan fingerprint density at radius 3 is 2.00 bits per heavy atom. The fourth-order valence-electron chi connectivity index (χ4n) is 8.31. The van der Waals surface area contributed by atoms with E-state index in [9.17, 15) is 0 Å². The first-order valence-electron chi connectivity index (χ1n) is 17.2. The summed E-state index contributed by atoms with van der Waals surface area (Å²) in [6.07, 6.45) is 5.94. The molecule has 2 aliphatic rings. The lowest BCUT2D eigenvalue weighted by molar-refractivity contribution is 0.660.